The maximum atomic E-state index is 3.78. The SMILES string of the molecule is C=C/C=C\C(=C)/C=N/C. The summed E-state index contributed by atoms with van der Waals surface area (Å²) in [5.74, 6) is 0. The normalized spacial score (nSPS) is 10.8. The minimum absolute atomic E-state index is 0.886. The van der Waals surface area contributed by atoms with Gasteiger partial charge >= 0.3 is 0 Å². The van der Waals surface area contributed by atoms with Gasteiger partial charge in [0, 0.05) is 13.3 Å². The number of allylic oxidation sites excluding steroid dienone is 4. The van der Waals surface area contributed by atoms with Crippen molar-refractivity contribution in [2.24, 2.45) is 4.99 Å². The zero-order valence-corrected chi connectivity index (χ0v) is 5.67. The van der Waals surface area contributed by atoms with Crippen LogP contribution in [0.1, 0.15) is 0 Å². The molecule has 0 aliphatic carbocycles. The Labute approximate surface area is 56.1 Å². The molecule has 0 spiro atoms. The quantitative estimate of drug-likeness (QED) is 0.400. The lowest BCUT2D eigenvalue weighted by atomic mass is 10.3. The summed E-state index contributed by atoms with van der Waals surface area (Å²) in [4.78, 5) is 3.78. The minimum Gasteiger partial charge on any atom is -0.296 e. The molecule has 0 bridgehead atoms. The Kier molecular flexibility index (Phi) is 4.41. The van der Waals surface area contributed by atoms with Crippen LogP contribution < -0.4 is 0 Å². The summed E-state index contributed by atoms with van der Waals surface area (Å²) in [6.45, 7) is 7.22. The molecule has 1 nitrogen and oxygen atoms in total. The minimum atomic E-state index is 0.886. The van der Waals surface area contributed by atoms with Crippen molar-refractivity contribution in [1.82, 2.24) is 0 Å². The van der Waals surface area contributed by atoms with Crippen LogP contribution in [0, 0.1) is 0 Å². The highest BCUT2D eigenvalue weighted by atomic mass is 14.6. The van der Waals surface area contributed by atoms with Crippen molar-refractivity contribution < 1.29 is 0 Å². The van der Waals surface area contributed by atoms with Gasteiger partial charge in [0.15, 0.2) is 0 Å². The first-order valence-corrected chi connectivity index (χ1v) is 2.71. The first-order valence-electron chi connectivity index (χ1n) is 2.71. The van der Waals surface area contributed by atoms with Crippen LogP contribution in [0.4, 0.5) is 0 Å². The van der Waals surface area contributed by atoms with Gasteiger partial charge in [-0.05, 0) is 5.57 Å². The molecular formula is C8H11N. The Balaban J connectivity index is 3.76. The lowest BCUT2D eigenvalue weighted by Crippen LogP contribution is -1.73. The summed E-state index contributed by atoms with van der Waals surface area (Å²) >= 11 is 0. The van der Waals surface area contributed by atoms with Crippen LogP contribution in [-0.2, 0) is 0 Å². The van der Waals surface area contributed by atoms with E-state index in [4.69, 9.17) is 0 Å². The molecular weight excluding hydrogens is 110 g/mol. The highest BCUT2D eigenvalue weighted by Gasteiger charge is 1.74. The zero-order valence-electron chi connectivity index (χ0n) is 5.67. The van der Waals surface area contributed by atoms with Crippen molar-refractivity contribution in [3.63, 3.8) is 0 Å². The number of rotatable bonds is 3. The third-order valence-corrected chi connectivity index (χ3v) is 0.741. The Morgan fingerprint density at radius 3 is 2.67 bits per heavy atom. The fourth-order valence-electron chi connectivity index (χ4n) is 0.400. The van der Waals surface area contributed by atoms with Gasteiger partial charge in [0.05, 0.1) is 0 Å². The number of hydrogen-bond acceptors (Lipinski definition) is 1. The average molecular weight is 121 g/mol. The van der Waals surface area contributed by atoms with Gasteiger partial charge in [-0.3, -0.25) is 4.99 Å². The van der Waals surface area contributed by atoms with Crippen LogP contribution in [0.3, 0.4) is 0 Å². The Morgan fingerprint density at radius 2 is 2.22 bits per heavy atom. The molecule has 0 aromatic rings. The van der Waals surface area contributed by atoms with E-state index in [2.05, 4.69) is 18.2 Å². The Bertz CT molecular complexity index is 152. The second-order valence-corrected chi connectivity index (χ2v) is 1.56. The molecule has 0 radical (unpaired) electrons. The van der Waals surface area contributed by atoms with E-state index in [-0.39, 0.29) is 0 Å². The number of hydrogen-bond donors (Lipinski definition) is 0. The van der Waals surface area contributed by atoms with E-state index in [9.17, 15) is 0 Å². The van der Waals surface area contributed by atoms with Crippen molar-refractivity contribution in [3.8, 4) is 0 Å². The van der Waals surface area contributed by atoms with Crippen LogP contribution in [0.2, 0.25) is 0 Å². The summed E-state index contributed by atoms with van der Waals surface area (Å²) in [6.07, 6.45) is 7.07. The summed E-state index contributed by atoms with van der Waals surface area (Å²) in [7, 11) is 1.72. The predicted octanol–water partition coefficient (Wildman–Crippen LogP) is 1.99. The third kappa shape index (κ3) is 4.75. The molecule has 0 saturated carbocycles. The summed E-state index contributed by atoms with van der Waals surface area (Å²) in [6, 6.07) is 0. The molecule has 0 aromatic heterocycles. The molecule has 0 unspecified atom stereocenters. The molecule has 48 valence electrons. The third-order valence-electron chi connectivity index (χ3n) is 0.741. The van der Waals surface area contributed by atoms with Gasteiger partial charge in [0.2, 0.25) is 0 Å². The van der Waals surface area contributed by atoms with E-state index >= 15 is 0 Å². The maximum Gasteiger partial charge on any atom is 0.0277 e. The van der Waals surface area contributed by atoms with Crippen LogP contribution in [0.25, 0.3) is 0 Å². The van der Waals surface area contributed by atoms with Gasteiger partial charge in [0.25, 0.3) is 0 Å². The molecule has 0 fully saturated rings. The molecule has 0 rings (SSSR count). The van der Waals surface area contributed by atoms with Crippen molar-refractivity contribution in [2.45, 2.75) is 0 Å². The standard InChI is InChI=1S/C8H11N/c1-4-5-6-8(2)7-9-3/h4-7H,1-2H2,3H3/b6-5-,9-7+. The Morgan fingerprint density at radius 1 is 1.56 bits per heavy atom. The molecule has 0 heterocycles. The van der Waals surface area contributed by atoms with Crippen LogP contribution in [0.15, 0.2) is 42.0 Å². The zero-order chi connectivity index (χ0) is 7.11. The van der Waals surface area contributed by atoms with E-state index in [0.717, 1.165) is 5.57 Å². The smallest absolute Gasteiger partial charge is 0.0277 e. The van der Waals surface area contributed by atoms with E-state index in [1.165, 1.54) is 0 Å². The van der Waals surface area contributed by atoms with Crippen molar-refractivity contribution in [3.05, 3.63) is 37.0 Å². The van der Waals surface area contributed by atoms with Gasteiger partial charge in [-0.2, -0.15) is 0 Å². The summed E-state index contributed by atoms with van der Waals surface area (Å²) in [5, 5.41) is 0. The predicted molar refractivity (Wildman–Crippen MR) is 42.9 cm³/mol. The van der Waals surface area contributed by atoms with Gasteiger partial charge in [-0.1, -0.05) is 31.4 Å². The topological polar surface area (TPSA) is 12.4 Å². The van der Waals surface area contributed by atoms with Gasteiger partial charge < -0.3 is 0 Å². The maximum absolute atomic E-state index is 3.78. The van der Waals surface area contributed by atoms with Gasteiger partial charge in [-0.15, -0.1) is 0 Å². The molecule has 0 atom stereocenters. The van der Waals surface area contributed by atoms with E-state index in [0.29, 0.717) is 0 Å². The van der Waals surface area contributed by atoms with Gasteiger partial charge in [-0.25, -0.2) is 0 Å². The van der Waals surface area contributed by atoms with Crippen LogP contribution in [-0.4, -0.2) is 13.3 Å². The van der Waals surface area contributed by atoms with Crippen LogP contribution in [0.5, 0.6) is 0 Å². The molecule has 0 aliphatic rings. The van der Waals surface area contributed by atoms with Gasteiger partial charge in [0.1, 0.15) is 0 Å². The molecule has 1 heteroatoms. The number of nitrogens with zero attached hydrogens (tertiary/aromatic N) is 1. The fraction of sp³-hybridized carbons (Fsp3) is 0.125. The van der Waals surface area contributed by atoms with Crippen molar-refractivity contribution in [2.75, 3.05) is 7.05 Å². The van der Waals surface area contributed by atoms with Crippen LogP contribution >= 0.6 is 0 Å². The summed E-state index contributed by atoms with van der Waals surface area (Å²) < 4.78 is 0. The Hall–Kier alpha value is -1.11. The van der Waals surface area contributed by atoms with Crippen molar-refractivity contribution >= 4 is 6.21 Å². The molecule has 0 aromatic carbocycles. The van der Waals surface area contributed by atoms with E-state index in [1.54, 1.807) is 19.3 Å². The molecule has 0 amide bonds. The second kappa shape index (κ2) is 5.04. The largest absolute Gasteiger partial charge is 0.296 e. The first-order chi connectivity index (χ1) is 4.31. The van der Waals surface area contributed by atoms with E-state index < -0.39 is 0 Å². The lowest BCUT2D eigenvalue weighted by molar-refractivity contribution is 1.47. The molecule has 0 saturated heterocycles. The molecule has 0 N–H and O–H groups in total. The molecule has 9 heavy (non-hydrogen) atoms. The number of aliphatic imine (C=N–C) groups is 1. The molecule has 0 aliphatic heterocycles. The summed E-state index contributed by atoms with van der Waals surface area (Å²) in [5.41, 5.74) is 0.886. The van der Waals surface area contributed by atoms with Crippen molar-refractivity contribution in [1.29, 1.82) is 0 Å². The average Bonchev–Trinajstić information content (AvgIpc) is 1.85. The lowest BCUT2D eigenvalue weighted by Gasteiger charge is -1.82. The monoisotopic (exact) mass is 121 g/mol. The first kappa shape index (κ1) is 7.89. The highest BCUT2D eigenvalue weighted by Crippen LogP contribution is 1.86. The second-order valence-electron chi connectivity index (χ2n) is 1.56. The highest BCUT2D eigenvalue weighted by molar-refractivity contribution is 5.81. The fourth-order valence-corrected chi connectivity index (χ4v) is 0.400. The van der Waals surface area contributed by atoms with E-state index in [1.807, 2.05) is 12.2 Å².